The lowest BCUT2D eigenvalue weighted by Crippen LogP contribution is -2.53. The topological polar surface area (TPSA) is 114 Å². The van der Waals surface area contributed by atoms with Crippen LogP contribution in [0.25, 0.3) is 0 Å². The Labute approximate surface area is 254 Å². The monoisotopic (exact) mass is 611 g/mol. The number of para-hydroxylation sites is 1. The minimum Gasteiger partial charge on any atom is -0.497 e. The summed E-state index contributed by atoms with van der Waals surface area (Å²) in [6.45, 7) is 5.20. The lowest BCUT2D eigenvalue weighted by atomic mass is 10.1. The smallest absolute Gasteiger partial charge is 0.264 e. The number of anilines is 1. The lowest BCUT2D eigenvalue weighted by molar-refractivity contribution is -0.140. The van der Waals surface area contributed by atoms with Crippen molar-refractivity contribution in [2.24, 2.45) is 0 Å². The van der Waals surface area contributed by atoms with Crippen molar-refractivity contribution >= 4 is 27.5 Å². The fourth-order valence-corrected chi connectivity index (χ4v) is 5.99. The molecule has 0 aromatic heterocycles. The van der Waals surface area contributed by atoms with Crippen LogP contribution in [-0.2, 0) is 26.2 Å². The molecule has 11 heteroatoms. The molecule has 1 N–H and O–H groups in total. The number of ether oxygens (including phenoxy) is 3. The van der Waals surface area contributed by atoms with Crippen LogP contribution < -0.4 is 23.8 Å². The molecule has 0 aliphatic rings. The minimum atomic E-state index is -4.27. The number of hydrogen-bond acceptors (Lipinski definition) is 7. The normalized spacial score (nSPS) is 12.5. The van der Waals surface area contributed by atoms with Crippen LogP contribution in [0.2, 0.25) is 0 Å². The molecule has 0 heterocycles. The van der Waals surface area contributed by atoms with Gasteiger partial charge in [-0.3, -0.25) is 13.9 Å². The number of hydrogen-bond donors (Lipinski definition) is 1. The molecule has 3 aromatic rings. The van der Waals surface area contributed by atoms with E-state index in [4.69, 9.17) is 14.2 Å². The van der Waals surface area contributed by atoms with Crippen molar-refractivity contribution in [3.63, 3.8) is 0 Å². The molecule has 0 radical (unpaired) electrons. The van der Waals surface area contributed by atoms with E-state index in [0.29, 0.717) is 23.6 Å². The predicted octanol–water partition coefficient (Wildman–Crippen LogP) is 4.63. The van der Waals surface area contributed by atoms with E-state index in [1.165, 1.54) is 37.3 Å². The molecular formula is C32H41N3O7S. The van der Waals surface area contributed by atoms with Gasteiger partial charge in [0.1, 0.15) is 18.3 Å². The van der Waals surface area contributed by atoms with Crippen LogP contribution in [-0.4, -0.2) is 65.1 Å². The first kappa shape index (κ1) is 33.3. The summed E-state index contributed by atoms with van der Waals surface area (Å²) in [5.74, 6) is 0.356. The lowest BCUT2D eigenvalue weighted by Gasteiger charge is -2.33. The predicted molar refractivity (Wildman–Crippen MR) is 166 cm³/mol. The fraction of sp³-hybridized carbons (Fsp3) is 0.375. The zero-order valence-corrected chi connectivity index (χ0v) is 26.4. The van der Waals surface area contributed by atoms with E-state index in [2.05, 4.69) is 5.32 Å². The third kappa shape index (κ3) is 8.19. The molecule has 3 rings (SSSR count). The number of rotatable bonds is 15. The second-order valence-corrected chi connectivity index (χ2v) is 11.8. The van der Waals surface area contributed by atoms with Crippen LogP contribution in [0.1, 0.15) is 39.2 Å². The van der Waals surface area contributed by atoms with Crippen LogP contribution in [0.4, 0.5) is 5.69 Å². The van der Waals surface area contributed by atoms with Crippen LogP contribution in [0.3, 0.4) is 0 Å². The summed E-state index contributed by atoms with van der Waals surface area (Å²) < 4.78 is 45.3. The molecule has 0 aliphatic heterocycles. The number of sulfonamides is 1. The Morgan fingerprint density at radius 1 is 0.837 bits per heavy atom. The van der Waals surface area contributed by atoms with E-state index in [1.54, 1.807) is 55.6 Å². The number of methoxy groups -OCH3 is 3. The van der Waals surface area contributed by atoms with Gasteiger partial charge in [0.05, 0.1) is 31.9 Å². The molecule has 10 nitrogen and oxygen atoms in total. The summed E-state index contributed by atoms with van der Waals surface area (Å²) in [6, 6.07) is 18.9. The van der Waals surface area contributed by atoms with E-state index in [1.807, 2.05) is 26.8 Å². The average molecular weight is 612 g/mol. The highest BCUT2D eigenvalue weighted by Gasteiger charge is 2.34. The highest BCUT2D eigenvalue weighted by molar-refractivity contribution is 7.92. The summed E-state index contributed by atoms with van der Waals surface area (Å²) in [5.41, 5.74) is 1.03. The van der Waals surface area contributed by atoms with E-state index in [-0.39, 0.29) is 29.1 Å². The number of carbonyl (C=O) groups is 2. The Morgan fingerprint density at radius 3 is 2.14 bits per heavy atom. The van der Waals surface area contributed by atoms with Gasteiger partial charge in [0.25, 0.3) is 10.0 Å². The molecular weight excluding hydrogens is 570 g/mol. The molecule has 232 valence electrons. The second-order valence-electron chi connectivity index (χ2n) is 9.98. The third-order valence-corrected chi connectivity index (χ3v) is 8.91. The maximum atomic E-state index is 14.2. The zero-order valence-electron chi connectivity index (χ0n) is 25.6. The van der Waals surface area contributed by atoms with Crippen molar-refractivity contribution in [2.45, 2.75) is 57.1 Å². The summed E-state index contributed by atoms with van der Waals surface area (Å²) in [7, 11) is 0.152. The van der Waals surface area contributed by atoms with Crippen molar-refractivity contribution in [3.05, 3.63) is 78.4 Å². The van der Waals surface area contributed by atoms with E-state index < -0.39 is 28.5 Å². The standard InChI is InChI=1S/C32H41N3O7S/c1-7-23(3)33-32(37)28(8-2)34(21-24-13-12-16-26(19-24)40-4)31(36)22-35(25-14-10-9-11-15-25)43(38,39)27-17-18-29(41-5)30(20-27)42-6/h9-20,23,28H,7-8,21-22H2,1-6H3,(H,33,37)/t23-,28-/m0/s1. The highest BCUT2D eigenvalue weighted by atomic mass is 32.2. The van der Waals surface area contributed by atoms with Gasteiger partial charge in [0.15, 0.2) is 11.5 Å². The Balaban J connectivity index is 2.08. The van der Waals surface area contributed by atoms with Gasteiger partial charge in [-0.2, -0.15) is 0 Å². The first-order valence-corrected chi connectivity index (χ1v) is 15.6. The third-order valence-electron chi connectivity index (χ3n) is 7.14. The number of nitrogens with zero attached hydrogens (tertiary/aromatic N) is 2. The minimum absolute atomic E-state index is 0.0709. The fourth-order valence-electron chi connectivity index (χ4n) is 4.56. The highest BCUT2D eigenvalue weighted by Crippen LogP contribution is 2.32. The second kappa shape index (κ2) is 15.3. The molecule has 0 saturated heterocycles. The molecule has 0 saturated carbocycles. The summed E-state index contributed by atoms with van der Waals surface area (Å²) in [5, 5.41) is 2.97. The van der Waals surface area contributed by atoms with Gasteiger partial charge < -0.3 is 24.4 Å². The van der Waals surface area contributed by atoms with Crippen molar-refractivity contribution in [1.29, 1.82) is 0 Å². The SMILES string of the molecule is CC[C@H](C)NC(=O)[C@H](CC)N(Cc1cccc(OC)c1)C(=O)CN(c1ccccc1)S(=O)(=O)c1ccc(OC)c(OC)c1. The largest absolute Gasteiger partial charge is 0.497 e. The molecule has 0 unspecified atom stereocenters. The Kier molecular flexibility index (Phi) is 11.8. The Bertz CT molecular complexity index is 1480. The van der Waals surface area contributed by atoms with Gasteiger partial charge >= 0.3 is 0 Å². The number of nitrogens with one attached hydrogen (secondary N) is 1. The number of amides is 2. The molecule has 3 aromatic carbocycles. The van der Waals surface area contributed by atoms with Crippen LogP contribution in [0.5, 0.6) is 17.2 Å². The van der Waals surface area contributed by atoms with Gasteiger partial charge in [-0.25, -0.2) is 8.42 Å². The summed E-state index contributed by atoms with van der Waals surface area (Å²) in [6.07, 6.45) is 1.04. The molecule has 0 bridgehead atoms. The number of carbonyl (C=O) groups excluding carboxylic acids is 2. The molecule has 2 amide bonds. The van der Waals surface area contributed by atoms with Gasteiger partial charge in [0, 0.05) is 18.7 Å². The van der Waals surface area contributed by atoms with Gasteiger partial charge in [-0.05, 0) is 61.7 Å². The Morgan fingerprint density at radius 2 is 1.53 bits per heavy atom. The van der Waals surface area contributed by atoms with Gasteiger partial charge in [-0.1, -0.05) is 44.2 Å². The maximum absolute atomic E-state index is 14.2. The molecule has 0 spiro atoms. The molecule has 43 heavy (non-hydrogen) atoms. The van der Waals surface area contributed by atoms with E-state index in [0.717, 1.165) is 16.3 Å². The summed E-state index contributed by atoms with van der Waals surface area (Å²) in [4.78, 5) is 29.0. The van der Waals surface area contributed by atoms with Crippen LogP contribution in [0, 0.1) is 0 Å². The van der Waals surface area contributed by atoms with Crippen molar-refractivity contribution < 1.29 is 32.2 Å². The van der Waals surface area contributed by atoms with Crippen LogP contribution in [0.15, 0.2) is 77.7 Å². The first-order chi connectivity index (χ1) is 20.6. The van der Waals surface area contributed by atoms with Gasteiger partial charge in [-0.15, -0.1) is 0 Å². The number of benzene rings is 3. The van der Waals surface area contributed by atoms with Gasteiger partial charge in [0.2, 0.25) is 11.8 Å². The Hall–Kier alpha value is -4.25. The van der Waals surface area contributed by atoms with Crippen molar-refractivity contribution in [2.75, 3.05) is 32.2 Å². The molecule has 2 atom stereocenters. The average Bonchev–Trinajstić information content (AvgIpc) is 3.03. The van der Waals surface area contributed by atoms with Crippen molar-refractivity contribution in [3.8, 4) is 17.2 Å². The first-order valence-electron chi connectivity index (χ1n) is 14.1. The zero-order chi connectivity index (χ0) is 31.6. The maximum Gasteiger partial charge on any atom is 0.264 e. The van der Waals surface area contributed by atoms with Crippen molar-refractivity contribution in [1.82, 2.24) is 10.2 Å². The summed E-state index contributed by atoms with van der Waals surface area (Å²) >= 11 is 0. The molecule has 0 aliphatic carbocycles. The van der Waals surface area contributed by atoms with E-state index >= 15 is 0 Å². The molecule has 0 fully saturated rings. The van der Waals surface area contributed by atoms with Crippen LogP contribution >= 0.6 is 0 Å². The quantitative estimate of drug-likeness (QED) is 0.267. The van der Waals surface area contributed by atoms with E-state index in [9.17, 15) is 18.0 Å².